The molecule has 2 rings (SSSR count). The van der Waals surface area contributed by atoms with Gasteiger partial charge in [0.15, 0.2) is 17.5 Å². The third-order valence-electron chi connectivity index (χ3n) is 1.94. The Hall–Kier alpha value is -2.04. The van der Waals surface area contributed by atoms with Gasteiger partial charge in [0.25, 0.3) is 0 Å². The minimum absolute atomic E-state index is 0.150. The number of hydrogen-bond acceptors (Lipinski definition) is 4. The number of nitrogens with two attached hydrogens (primary N) is 1. The first-order valence-electron chi connectivity index (χ1n) is 4.39. The van der Waals surface area contributed by atoms with Gasteiger partial charge in [-0.3, -0.25) is 4.98 Å². The van der Waals surface area contributed by atoms with Crippen LogP contribution < -0.4 is 5.73 Å². The maximum atomic E-state index is 13.2. The van der Waals surface area contributed by atoms with Crippen molar-refractivity contribution in [3.05, 3.63) is 35.9 Å². The van der Waals surface area contributed by atoms with E-state index in [0.29, 0.717) is 11.5 Å². The summed E-state index contributed by atoms with van der Waals surface area (Å²) in [7, 11) is 0. The van der Waals surface area contributed by atoms with E-state index in [4.69, 9.17) is 5.73 Å². The molecule has 0 atom stereocenters. The lowest BCUT2D eigenvalue weighted by Crippen LogP contribution is -2.03. The van der Waals surface area contributed by atoms with Crippen LogP contribution in [0, 0.1) is 12.7 Å². The van der Waals surface area contributed by atoms with Crippen LogP contribution in [0.1, 0.15) is 5.69 Å². The van der Waals surface area contributed by atoms with Gasteiger partial charge in [-0.2, -0.15) is 0 Å². The molecular formula is C10H9FN4. The Balaban J connectivity index is 2.56. The summed E-state index contributed by atoms with van der Waals surface area (Å²) in [6.45, 7) is 1.54. The zero-order valence-corrected chi connectivity index (χ0v) is 8.11. The van der Waals surface area contributed by atoms with E-state index in [1.54, 1.807) is 31.3 Å². The molecule has 0 fully saturated rings. The Morgan fingerprint density at radius 3 is 2.67 bits per heavy atom. The molecule has 0 saturated carbocycles. The molecule has 15 heavy (non-hydrogen) atoms. The van der Waals surface area contributed by atoms with Gasteiger partial charge in [-0.1, -0.05) is 6.07 Å². The summed E-state index contributed by atoms with van der Waals surface area (Å²) in [6.07, 6.45) is 1.62. The zero-order chi connectivity index (χ0) is 10.8. The van der Waals surface area contributed by atoms with E-state index in [0.717, 1.165) is 0 Å². The fourth-order valence-corrected chi connectivity index (χ4v) is 1.19. The Labute approximate surface area is 86.0 Å². The predicted molar refractivity (Wildman–Crippen MR) is 54.4 cm³/mol. The van der Waals surface area contributed by atoms with Crippen LogP contribution in [0.5, 0.6) is 0 Å². The normalized spacial score (nSPS) is 10.3. The molecule has 4 nitrogen and oxygen atoms in total. The number of anilines is 1. The van der Waals surface area contributed by atoms with Crippen LogP contribution in [0.4, 0.5) is 10.2 Å². The van der Waals surface area contributed by atoms with Gasteiger partial charge in [0, 0.05) is 6.20 Å². The standard InChI is InChI=1S/C10H9FN4/c1-6-8(11)9(12)15-10(14-6)7-4-2-3-5-13-7/h2-5H,1H3,(H2,12,14,15). The molecule has 2 aromatic rings. The van der Waals surface area contributed by atoms with Crippen LogP contribution >= 0.6 is 0 Å². The van der Waals surface area contributed by atoms with Crippen molar-refractivity contribution in [2.45, 2.75) is 6.92 Å². The Kier molecular flexibility index (Phi) is 2.29. The quantitative estimate of drug-likeness (QED) is 0.765. The Morgan fingerprint density at radius 1 is 1.27 bits per heavy atom. The van der Waals surface area contributed by atoms with Gasteiger partial charge >= 0.3 is 0 Å². The van der Waals surface area contributed by atoms with Gasteiger partial charge in [-0.25, -0.2) is 14.4 Å². The fourth-order valence-electron chi connectivity index (χ4n) is 1.19. The highest BCUT2D eigenvalue weighted by atomic mass is 19.1. The van der Waals surface area contributed by atoms with Crippen LogP contribution in [0.2, 0.25) is 0 Å². The molecule has 0 aliphatic heterocycles. The molecule has 0 saturated heterocycles. The van der Waals surface area contributed by atoms with Gasteiger partial charge in [0.05, 0.1) is 5.69 Å². The number of nitrogens with zero attached hydrogens (tertiary/aromatic N) is 3. The summed E-state index contributed by atoms with van der Waals surface area (Å²) >= 11 is 0. The Morgan fingerprint density at radius 2 is 2.07 bits per heavy atom. The molecule has 0 aromatic carbocycles. The van der Waals surface area contributed by atoms with Crippen molar-refractivity contribution in [3.8, 4) is 11.5 Å². The van der Waals surface area contributed by atoms with E-state index in [2.05, 4.69) is 15.0 Å². The molecular weight excluding hydrogens is 195 g/mol. The van der Waals surface area contributed by atoms with E-state index < -0.39 is 5.82 Å². The third kappa shape index (κ3) is 1.76. The molecule has 0 radical (unpaired) electrons. The second kappa shape index (κ2) is 3.61. The summed E-state index contributed by atoms with van der Waals surface area (Å²) < 4.78 is 13.2. The van der Waals surface area contributed by atoms with Gasteiger partial charge in [-0.05, 0) is 19.1 Å². The highest BCUT2D eigenvalue weighted by Gasteiger charge is 2.10. The lowest BCUT2D eigenvalue weighted by atomic mass is 10.3. The number of aryl methyl sites for hydroxylation is 1. The monoisotopic (exact) mass is 204 g/mol. The van der Waals surface area contributed by atoms with Crippen molar-refractivity contribution in [1.82, 2.24) is 15.0 Å². The van der Waals surface area contributed by atoms with E-state index >= 15 is 0 Å². The van der Waals surface area contributed by atoms with E-state index in [1.165, 1.54) is 0 Å². The van der Waals surface area contributed by atoms with Crippen LogP contribution in [0.3, 0.4) is 0 Å². The van der Waals surface area contributed by atoms with Crippen molar-refractivity contribution in [3.63, 3.8) is 0 Å². The number of hydrogen-bond donors (Lipinski definition) is 1. The molecule has 0 bridgehead atoms. The molecule has 0 aliphatic rings. The van der Waals surface area contributed by atoms with Crippen molar-refractivity contribution in [2.24, 2.45) is 0 Å². The average Bonchev–Trinajstić information content (AvgIpc) is 2.26. The minimum atomic E-state index is -0.574. The topological polar surface area (TPSA) is 64.7 Å². The summed E-state index contributed by atoms with van der Waals surface area (Å²) in [6, 6.07) is 5.33. The van der Waals surface area contributed by atoms with Gasteiger partial charge in [-0.15, -0.1) is 0 Å². The smallest absolute Gasteiger partial charge is 0.186 e. The average molecular weight is 204 g/mol. The predicted octanol–water partition coefficient (Wildman–Crippen LogP) is 1.57. The molecule has 76 valence electrons. The summed E-state index contributed by atoms with van der Waals surface area (Å²) in [5, 5.41) is 0. The van der Waals surface area contributed by atoms with E-state index in [-0.39, 0.29) is 11.5 Å². The molecule has 0 aliphatic carbocycles. The van der Waals surface area contributed by atoms with Crippen LogP contribution in [0.15, 0.2) is 24.4 Å². The van der Waals surface area contributed by atoms with Crippen LogP contribution in [-0.4, -0.2) is 15.0 Å². The number of nitrogen functional groups attached to an aromatic ring is 1. The van der Waals surface area contributed by atoms with Crippen molar-refractivity contribution in [2.75, 3.05) is 5.73 Å². The molecule has 2 N–H and O–H groups in total. The molecule has 0 amide bonds. The maximum Gasteiger partial charge on any atom is 0.186 e. The van der Waals surface area contributed by atoms with Crippen LogP contribution in [-0.2, 0) is 0 Å². The molecule has 0 spiro atoms. The van der Waals surface area contributed by atoms with Crippen molar-refractivity contribution in [1.29, 1.82) is 0 Å². The van der Waals surface area contributed by atoms with Gasteiger partial charge in [0.2, 0.25) is 0 Å². The molecule has 2 heterocycles. The second-order valence-electron chi connectivity index (χ2n) is 3.05. The SMILES string of the molecule is Cc1nc(-c2ccccn2)nc(N)c1F. The van der Waals surface area contributed by atoms with Gasteiger partial charge < -0.3 is 5.73 Å². The third-order valence-corrected chi connectivity index (χ3v) is 1.94. The summed E-state index contributed by atoms with van der Waals surface area (Å²) in [5.41, 5.74) is 6.21. The largest absolute Gasteiger partial charge is 0.381 e. The zero-order valence-electron chi connectivity index (χ0n) is 8.11. The van der Waals surface area contributed by atoms with E-state index in [9.17, 15) is 4.39 Å². The van der Waals surface area contributed by atoms with Gasteiger partial charge in [0.1, 0.15) is 5.69 Å². The number of halogens is 1. The highest BCUT2D eigenvalue weighted by molar-refractivity contribution is 5.51. The van der Waals surface area contributed by atoms with E-state index in [1.807, 2.05) is 0 Å². The fraction of sp³-hybridized carbons (Fsp3) is 0.100. The van der Waals surface area contributed by atoms with Crippen molar-refractivity contribution >= 4 is 5.82 Å². The lowest BCUT2D eigenvalue weighted by Gasteiger charge is -2.03. The summed E-state index contributed by atoms with van der Waals surface area (Å²) in [4.78, 5) is 11.9. The molecule has 2 aromatic heterocycles. The number of aromatic nitrogens is 3. The summed E-state index contributed by atoms with van der Waals surface area (Å²) in [5.74, 6) is -0.384. The van der Waals surface area contributed by atoms with Crippen molar-refractivity contribution < 1.29 is 4.39 Å². The first-order valence-corrected chi connectivity index (χ1v) is 4.39. The Bertz CT molecular complexity index is 461. The minimum Gasteiger partial charge on any atom is -0.381 e. The maximum absolute atomic E-state index is 13.2. The first-order chi connectivity index (χ1) is 7.18. The van der Waals surface area contributed by atoms with Crippen LogP contribution in [0.25, 0.3) is 11.5 Å². The second-order valence-corrected chi connectivity index (χ2v) is 3.05. The number of rotatable bonds is 1. The molecule has 5 heteroatoms. The highest BCUT2D eigenvalue weighted by Crippen LogP contribution is 2.16. The first kappa shape index (κ1) is 9.51. The molecule has 0 unspecified atom stereocenters. The number of pyridine rings is 1. The lowest BCUT2D eigenvalue weighted by molar-refractivity contribution is 0.608.